The van der Waals surface area contributed by atoms with Gasteiger partial charge >= 0.3 is 0 Å². The number of imidazole rings is 1. The Morgan fingerprint density at radius 3 is 3.00 bits per heavy atom. The Balaban J connectivity index is 1.73. The van der Waals surface area contributed by atoms with Gasteiger partial charge in [-0.25, -0.2) is 14.8 Å². The summed E-state index contributed by atoms with van der Waals surface area (Å²) < 4.78 is 13.4. The number of nitrogens with zero attached hydrogens (tertiary/aromatic N) is 2. The summed E-state index contributed by atoms with van der Waals surface area (Å²) in [5.41, 5.74) is 4.65. The highest BCUT2D eigenvalue weighted by Crippen LogP contribution is 2.11. The second-order valence-electron chi connectivity index (χ2n) is 4.36. The van der Waals surface area contributed by atoms with Crippen molar-refractivity contribution in [2.24, 2.45) is 5.10 Å². The van der Waals surface area contributed by atoms with Gasteiger partial charge in [0.2, 0.25) is 0 Å². The molecule has 104 valence electrons. The number of nitrogens with one attached hydrogen (secondary N) is 2. The summed E-state index contributed by atoms with van der Waals surface area (Å²) in [5, 5.41) is 3.76. The molecule has 2 N–H and O–H groups in total. The van der Waals surface area contributed by atoms with E-state index in [1.807, 2.05) is 0 Å². The molecule has 0 aliphatic heterocycles. The highest BCUT2D eigenvalue weighted by Gasteiger charge is 2.06. The Kier molecular flexibility index (Phi) is 3.42. The lowest BCUT2D eigenvalue weighted by Crippen LogP contribution is -2.17. The number of aromatic nitrogens is 2. The lowest BCUT2D eigenvalue weighted by Gasteiger charge is -2.00. The lowest BCUT2D eigenvalue weighted by atomic mass is 10.2. The summed E-state index contributed by atoms with van der Waals surface area (Å²) in [4.78, 5) is 18.9. The van der Waals surface area contributed by atoms with E-state index in [0.29, 0.717) is 11.1 Å². The number of H-pyrrole nitrogens is 1. The molecule has 0 aliphatic rings. The maximum atomic E-state index is 13.4. The molecule has 1 amide bonds. The highest BCUT2D eigenvalue weighted by molar-refractivity contribution is 5.97. The Morgan fingerprint density at radius 1 is 1.29 bits per heavy atom. The number of hydrazone groups is 1. The third-order valence-corrected chi connectivity index (χ3v) is 2.96. The zero-order chi connectivity index (χ0) is 14.7. The first-order chi connectivity index (χ1) is 10.2. The molecule has 5 nitrogen and oxygen atoms in total. The fourth-order valence-electron chi connectivity index (χ4n) is 1.88. The zero-order valence-corrected chi connectivity index (χ0v) is 10.9. The molecule has 6 heteroatoms. The van der Waals surface area contributed by atoms with Crippen molar-refractivity contribution in [2.45, 2.75) is 0 Å². The predicted octanol–water partition coefficient (Wildman–Crippen LogP) is 2.47. The molecule has 0 saturated carbocycles. The van der Waals surface area contributed by atoms with Crippen LogP contribution < -0.4 is 5.43 Å². The molecule has 0 radical (unpaired) electrons. The molecule has 0 bridgehead atoms. The van der Waals surface area contributed by atoms with E-state index in [0.717, 1.165) is 11.0 Å². The Bertz CT molecular complexity index is 825. The molecular weight excluding hydrogens is 271 g/mol. The number of fused-ring (bicyclic) bond motifs is 1. The van der Waals surface area contributed by atoms with E-state index in [1.54, 1.807) is 42.7 Å². The van der Waals surface area contributed by atoms with Crippen LogP contribution in [0.15, 0.2) is 53.9 Å². The predicted molar refractivity (Wildman–Crippen MR) is 77.6 cm³/mol. The molecule has 0 aliphatic carbocycles. The SMILES string of the molecule is O=C(N/N=C/c1ccccc1F)c1ccc2nc[nH]c2c1. The number of rotatable bonds is 3. The topological polar surface area (TPSA) is 70.1 Å². The molecule has 3 rings (SSSR count). The monoisotopic (exact) mass is 282 g/mol. The molecule has 0 atom stereocenters. The number of carbonyl (C=O) groups is 1. The van der Waals surface area contributed by atoms with Gasteiger partial charge in [0.1, 0.15) is 5.82 Å². The van der Waals surface area contributed by atoms with Crippen molar-refractivity contribution in [1.29, 1.82) is 0 Å². The average Bonchev–Trinajstić information content (AvgIpc) is 2.96. The lowest BCUT2D eigenvalue weighted by molar-refractivity contribution is 0.0955. The van der Waals surface area contributed by atoms with E-state index < -0.39 is 5.82 Å². The molecule has 0 unspecified atom stereocenters. The van der Waals surface area contributed by atoms with Gasteiger partial charge in [-0.1, -0.05) is 18.2 Å². The van der Waals surface area contributed by atoms with Crippen LogP contribution in [0.25, 0.3) is 11.0 Å². The van der Waals surface area contributed by atoms with E-state index in [1.165, 1.54) is 12.3 Å². The fraction of sp³-hybridized carbons (Fsp3) is 0. The van der Waals surface area contributed by atoms with Gasteiger partial charge in [0.25, 0.3) is 5.91 Å². The van der Waals surface area contributed by atoms with Crippen LogP contribution in [-0.4, -0.2) is 22.1 Å². The molecule has 0 spiro atoms. The summed E-state index contributed by atoms with van der Waals surface area (Å²) in [6.07, 6.45) is 2.82. The van der Waals surface area contributed by atoms with E-state index in [-0.39, 0.29) is 5.91 Å². The standard InChI is InChI=1S/C15H11FN4O/c16-12-4-2-1-3-11(12)8-19-20-15(21)10-5-6-13-14(7-10)18-9-17-13/h1-9H,(H,17,18)(H,20,21)/b19-8+. The van der Waals surface area contributed by atoms with Crippen LogP contribution in [0.3, 0.4) is 0 Å². The number of hydrogen-bond acceptors (Lipinski definition) is 3. The Labute approximate surface area is 119 Å². The van der Waals surface area contributed by atoms with Gasteiger partial charge in [0, 0.05) is 11.1 Å². The second kappa shape index (κ2) is 5.54. The quantitative estimate of drug-likeness (QED) is 0.572. The van der Waals surface area contributed by atoms with Crippen molar-refractivity contribution in [3.63, 3.8) is 0 Å². The normalized spacial score (nSPS) is 11.1. The Hall–Kier alpha value is -3.02. The largest absolute Gasteiger partial charge is 0.345 e. The van der Waals surface area contributed by atoms with Gasteiger partial charge in [-0.05, 0) is 24.3 Å². The summed E-state index contributed by atoms with van der Waals surface area (Å²) in [7, 11) is 0. The minimum Gasteiger partial charge on any atom is -0.345 e. The van der Waals surface area contributed by atoms with Crippen molar-refractivity contribution in [1.82, 2.24) is 15.4 Å². The van der Waals surface area contributed by atoms with E-state index >= 15 is 0 Å². The van der Waals surface area contributed by atoms with Gasteiger partial charge in [-0.2, -0.15) is 5.10 Å². The number of benzene rings is 2. The summed E-state index contributed by atoms with van der Waals surface area (Å²) in [6, 6.07) is 11.2. The van der Waals surface area contributed by atoms with Crippen molar-refractivity contribution >= 4 is 23.2 Å². The maximum Gasteiger partial charge on any atom is 0.271 e. The molecular formula is C15H11FN4O. The Morgan fingerprint density at radius 2 is 2.14 bits per heavy atom. The van der Waals surface area contributed by atoms with E-state index in [2.05, 4.69) is 20.5 Å². The van der Waals surface area contributed by atoms with Gasteiger partial charge < -0.3 is 4.98 Å². The van der Waals surface area contributed by atoms with Crippen molar-refractivity contribution in [3.05, 3.63) is 65.7 Å². The number of halogens is 1. The highest BCUT2D eigenvalue weighted by atomic mass is 19.1. The summed E-state index contributed by atoms with van der Waals surface area (Å²) in [6.45, 7) is 0. The number of carbonyl (C=O) groups excluding carboxylic acids is 1. The van der Waals surface area contributed by atoms with Crippen LogP contribution in [0.1, 0.15) is 15.9 Å². The molecule has 1 heterocycles. The molecule has 1 aromatic heterocycles. The minimum atomic E-state index is -0.394. The molecule has 0 saturated heterocycles. The van der Waals surface area contributed by atoms with Crippen molar-refractivity contribution in [3.8, 4) is 0 Å². The van der Waals surface area contributed by atoms with Crippen LogP contribution in [-0.2, 0) is 0 Å². The van der Waals surface area contributed by atoms with Crippen LogP contribution in [0.2, 0.25) is 0 Å². The number of amides is 1. The zero-order valence-electron chi connectivity index (χ0n) is 10.9. The second-order valence-corrected chi connectivity index (χ2v) is 4.36. The minimum absolute atomic E-state index is 0.307. The first-order valence-electron chi connectivity index (χ1n) is 6.25. The van der Waals surface area contributed by atoms with Crippen molar-refractivity contribution in [2.75, 3.05) is 0 Å². The van der Waals surface area contributed by atoms with Crippen LogP contribution in [0, 0.1) is 5.82 Å². The van der Waals surface area contributed by atoms with Crippen LogP contribution in [0.5, 0.6) is 0 Å². The molecule has 2 aromatic carbocycles. The molecule has 3 aromatic rings. The van der Waals surface area contributed by atoms with Crippen LogP contribution >= 0.6 is 0 Å². The molecule has 0 fully saturated rings. The summed E-state index contributed by atoms with van der Waals surface area (Å²) in [5.74, 6) is -0.770. The van der Waals surface area contributed by atoms with Gasteiger partial charge in [0.05, 0.1) is 23.6 Å². The van der Waals surface area contributed by atoms with Gasteiger partial charge in [0.15, 0.2) is 0 Å². The van der Waals surface area contributed by atoms with Crippen LogP contribution in [0.4, 0.5) is 4.39 Å². The van der Waals surface area contributed by atoms with Gasteiger partial charge in [-0.15, -0.1) is 0 Å². The van der Waals surface area contributed by atoms with Gasteiger partial charge in [-0.3, -0.25) is 4.79 Å². The van der Waals surface area contributed by atoms with E-state index in [4.69, 9.17) is 0 Å². The smallest absolute Gasteiger partial charge is 0.271 e. The maximum absolute atomic E-state index is 13.4. The van der Waals surface area contributed by atoms with Crippen molar-refractivity contribution < 1.29 is 9.18 Å². The average molecular weight is 282 g/mol. The molecule has 21 heavy (non-hydrogen) atoms. The number of aromatic amines is 1. The van der Waals surface area contributed by atoms with E-state index in [9.17, 15) is 9.18 Å². The third-order valence-electron chi connectivity index (χ3n) is 2.96. The summed E-state index contributed by atoms with van der Waals surface area (Å²) >= 11 is 0. The fourth-order valence-corrected chi connectivity index (χ4v) is 1.88. The number of hydrogen-bond donors (Lipinski definition) is 2. The first kappa shape index (κ1) is 13.0. The first-order valence-corrected chi connectivity index (χ1v) is 6.25. The third kappa shape index (κ3) is 2.79.